The van der Waals surface area contributed by atoms with E-state index in [1.807, 2.05) is 0 Å². The van der Waals surface area contributed by atoms with Crippen LogP contribution in [0.15, 0.2) is 0 Å². The number of hydrogen-bond donors (Lipinski definition) is 1. The van der Waals surface area contributed by atoms with Gasteiger partial charge in [0.25, 0.3) is 0 Å². The Bertz CT molecular complexity index is 172. The Morgan fingerprint density at radius 1 is 1.54 bits per heavy atom. The second kappa shape index (κ2) is 5.07. The molecule has 4 heteroatoms. The van der Waals surface area contributed by atoms with Crippen LogP contribution in [0.25, 0.3) is 0 Å². The van der Waals surface area contributed by atoms with E-state index in [4.69, 9.17) is 5.11 Å². The zero-order valence-corrected chi connectivity index (χ0v) is 8.03. The summed E-state index contributed by atoms with van der Waals surface area (Å²) in [6.45, 7) is 0.743. The van der Waals surface area contributed by atoms with Gasteiger partial charge in [0.1, 0.15) is 0 Å². The number of carbonyl (C=O) groups is 1. The molecule has 1 heterocycles. The third-order valence-corrected chi connectivity index (χ3v) is 2.50. The van der Waals surface area contributed by atoms with Gasteiger partial charge >= 0.3 is 6.09 Å². The minimum atomic E-state index is -0.319. The van der Waals surface area contributed by atoms with Gasteiger partial charge in [0.15, 0.2) is 0 Å². The molecular weight excluding hydrogens is 170 g/mol. The van der Waals surface area contributed by atoms with Crippen LogP contribution in [-0.2, 0) is 4.74 Å². The number of ether oxygens (including phenoxy) is 1. The first-order valence-electron chi connectivity index (χ1n) is 4.75. The average Bonchev–Trinajstić information content (AvgIpc) is 2.41. The molecule has 76 valence electrons. The minimum absolute atomic E-state index is 0.0368. The van der Waals surface area contributed by atoms with Gasteiger partial charge in [-0.3, -0.25) is 0 Å². The van der Waals surface area contributed by atoms with Crippen LogP contribution < -0.4 is 0 Å². The molecular formula is C9H17NO3. The molecule has 1 unspecified atom stereocenters. The van der Waals surface area contributed by atoms with E-state index >= 15 is 0 Å². The number of rotatable bonds is 1. The van der Waals surface area contributed by atoms with Crippen molar-refractivity contribution < 1.29 is 14.6 Å². The number of amides is 1. The lowest BCUT2D eigenvalue weighted by molar-refractivity contribution is 0.0846. The van der Waals surface area contributed by atoms with Gasteiger partial charge in [-0.1, -0.05) is 12.8 Å². The van der Waals surface area contributed by atoms with Gasteiger partial charge in [-0.15, -0.1) is 0 Å². The van der Waals surface area contributed by atoms with Crippen molar-refractivity contribution in [2.24, 2.45) is 0 Å². The molecule has 1 fully saturated rings. The Hall–Kier alpha value is -0.770. The van der Waals surface area contributed by atoms with Gasteiger partial charge in [0.2, 0.25) is 0 Å². The molecule has 1 saturated heterocycles. The summed E-state index contributed by atoms with van der Waals surface area (Å²) in [5.74, 6) is 0. The van der Waals surface area contributed by atoms with Crippen molar-refractivity contribution in [2.45, 2.75) is 31.7 Å². The van der Waals surface area contributed by atoms with Gasteiger partial charge in [-0.05, 0) is 12.8 Å². The molecule has 1 aliphatic rings. The summed E-state index contributed by atoms with van der Waals surface area (Å²) in [6, 6.07) is -0.0463. The summed E-state index contributed by atoms with van der Waals surface area (Å²) in [5.41, 5.74) is 0. The standard InChI is InChI=1S/C9H17NO3/c1-13-9(12)10-6-4-2-3-5-8(10)7-11/h8,11H,2-7H2,1H3. The van der Waals surface area contributed by atoms with Crippen LogP contribution in [0.2, 0.25) is 0 Å². The average molecular weight is 187 g/mol. The van der Waals surface area contributed by atoms with Crippen LogP contribution in [0, 0.1) is 0 Å². The number of aliphatic hydroxyl groups is 1. The first kappa shape index (κ1) is 10.3. The van der Waals surface area contributed by atoms with E-state index in [2.05, 4.69) is 4.74 Å². The van der Waals surface area contributed by atoms with E-state index in [9.17, 15) is 4.79 Å². The molecule has 1 rings (SSSR count). The predicted molar refractivity (Wildman–Crippen MR) is 48.5 cm³/mol. The first-order chi connectivity index (χ1) is 6.29. The highest BCUT2D eigenvalue weighted by Crippen LogP contribution is 2.16. The molecule has 0 aliphatic carbocycles. The third-order valence-electron chi connectivity index (χ3n) is 2.50. The van der Waals surface area contributed by atoms with Gasteiger partial charge in [0, 0.05) is 6.54 Å². The molecule has 0 bridgehead atoms. The lowest BCUT2D eigenvalue weighted by Gasteiger charge is -2.26. The van der Waals surface area contributed by atoms with Crippen molar-refractivity contribution in [3.05, 3.63) is 0 Å². The summed E-state index contributed by atoms with van der Waals surface area (Å²) in [7, 11) is 1.38. The third kappa shape index (κ3) is 2.59. The predicted octanol–water partition coefficient (Wildman–Crippen LogP) is 0.990. The summed E-state index contributed by atoms with van der Waals surface area (Å²) in [5, 5.41) is 9.08. The number of aliphatic hydroxyl groups excluding tert-OH is 1. The molecule has 4 nitrogen and oxygen atoms in total. The molecule has 1 atom stereocenters. The second-order valence-corrected chi connectivity index (χ2v) is 3.35. The Kier molecular flexibility index (Phi) is 4.02. The molecule has 0 aromatic rings. The van der Waals surface area contributed by atoms with E-state index < -0.39 is 0 Å². The van der Waals surface area contributed by atoms with Crippen LogP contribution in [0.4, 0.5) is 4.79 Å². The maximum Gasteiger partial charge on any atom is 0.409 e. The Labute approximate surface area is 78.5 Å². The Morgan fingerprint density at radius 3 is 2.92 bits per heavy atom. The van der Waals surface area contributed by atoms with Crippen molar-refractivity contribution in [3.8, 4) is 0 Å². The summed E-state index contributed by atoms with van der Waals surface area (Å²) in [4.78, 5) is 12.9. The maximum atomic E-state index is 11.3. The molecule has 0 saturated carbocycles. The maximum absolute atomic E-state index is 11.3. The summed E-state index contributed by atoms with van der Waals surface area (Å²) < 4.78 is 4.65. The molecule has 0 spiro atoms. The number of hydrogen-bond acceptors (Lipinski definition) is 3. The minimum Gasteiger partial charge on any atom is -0.453 e. The van der Waals surface area contributed by atoms with Crippen molar-refractivity contribution in [1.82, 2.24) is 4.90 Å². The van der Waals surface area contributed by atoms with Crippen LogP contribution in [0.5, 0.6) is 0 Å². The number of methoxy groups -OCH3 is 1. The fourth-order valence-electron chi connectivity index (χ4n) is 1.72. The zero-order valence-electron chi connectivity index (χ0n) is 8.03. The summed E-state index contributed by atoms with van der Waals surface area (Å²) in [6.07, 6.45) is 3.78. The van der Waals surface area contributed by atoms with Crippen molar-refractivity contribution in [2.75, 3.05) is 20.3 Å². The molecule has 0 aromatic carbocycles. The van der Waals surface area contributed by atoms with Crippen LogP contribution in [0.1, 0.15) is 25.7 Å². The van der Waals surface area contributed by atoms with E-state index in [-0.39, 0.29) is 18.7 Å². The van der Waals surface area contributed by atoms with Crippen molar-refractivity contribution >= 4 is 6.09 Å². The van der Waals surface area contributed by atoms with E-state index in [0.717, 1.165) is 25.7 Å². The number of nitrogens with zero attached hydrogens (tertiary/aromatic N) is 1. The monoisotopic (exact) mass is 187 g/mol. The molecule has 0 radical (unpaired) electrons. The van der Waals surface area contributed by atoms with E-state index in [0.29, 0.717) is 6.54 Å². The largest absolute Gasteiger partial charge is 0.453 e. The highest BCUT2D eigenvalue weighted by Gasteiger charge is 2.24. The smallest absolute Gasteiger partial charge is 0.409 e. The van der Waals surface area contributed by atoms with Crippen LogP contribution >= 0.6 is 0 Å². The van der Waals surface area contributed by atoms with E-state index in [1.165, 1.54) is 7.11 Å². The van der Waals surface area contributed by atoms with E-state index in [1.54, 1.807) is 4.90 Å². The van der Waals surface area contributed by atoms with Crippen molar-refractivity contribution in [1.29, 1.82) is 0 Å². The fourth-order valence-corrected chi connectivity index (χ4v) is 1.72. The van der Waals surface area contributed by atoms with Gasteiger partial charge < -0.3 is 14.7 Å². The van der Waals surface area contributed by atoms with Gasteiger partial charge in [-0.2, -0.15) is 0 Å². The molecule has 13 heavy (non-hydrogen) atoms. The summed E-state index contributed by atoms with van der Waals surface area (Å²) >= 11 is 0. The number of carbonyl (C=O) groups excluding carboxylic acids is 1. The van der Waals surface area contributed by atoms with Crippen LogP contribution in [0.3, 0.4) is 0 Å². The van der Waals surface area contributed by atoms with Crippen molar-refractivity contribution in [3.63, 3.8) is 0 Å². The highest BCUT2D eigenvalue weighted by molar-refractivity contribution is 5.67. The normalized spacial score (nSPS) is 23.8. The Balaban J connectivity index is 2.58. The second-order valence-electron chi connectivity index (χ2n) is 3.35. The first-order valence-corrected chi connectivity index (χ1v) is 4.75. The molecule has 1 N–H and O–H groups in total. The Morgan fingerprint density at radius 2 is 2.31 bits per heavy atom. The fraction of sp³-hybridized carbons (Fsp3) is 0.889. The molecule has 0 aromatic heterocycles. The lowest BCUT2D eigenvalue weighted by atomic mass is 10.1. The highest BCUT2D eigenvalue weighted by atomic mass is 16.5. The zero-order chi connectivity index (χ0) is 9.68. The number of likely N-dealkylation sites (tertiary alicyclic amines) is 1. The van der Waals surface area contributed by atoms with Crippen LogP contribution in [-0.4, -0.2) is 42.4 Å². The lowest BCUT2D eigenvalue weighted by Crippen LogP contribution is -2.41. The molecule has 1 aliphatic heterocycles. The van der Waals surface area contributed by atoms with Gasteiger partial charge in [0.05, 0.1) is 19.8 Å². The molecule has 1 amide bonds. The topological polar surface area (TPSA) is 49.8 Å². The SMILES string of the molecule is COC(=O)N1CCCCCC1CO. The van der Waals surface area contributed by atoms with Gasteiger partial charge in [-0.25, -0.2) is 4.79 Å². The quantitative estimate of drug-likeness (QED) is 0.666.